The van der Waals surface area contributed by atoms with Crippen LogP contribution in [0.2, 0.25) is 0 Å². The lowest BCUT2D eigenvalue weighted by atomic mass is 10.2. The molecule has 0 N–H and O–H groups in total. The van der Waals surface area contributed by atoms with Crippen molar-refractivity contribution in [3.63, 3.8) is 0 Å². The fourth-order valence-corrected chi connectivity index (χ4v) is 3.16. The molecule has 9 heavy (non-hydrogen) atoms. The minimum Gasteiger partial charge on any atom is -0.110 e. The highest BCUT2D eigenvalue weighted by Crippen LogP contribution is 2.35. The number of hydrogen-bond donors (Lipinski definition) is 0. The fourth-order valence-electron chi connectivity index (χ4n) is 1.41. The molecule has 0 aromatic carbocycles. The smallest absolute Gasteiger partial charge is 0.0328 e. The van der Waals surface area contributed by atoms with Crippen LogP contribution in [0, 0.1) is 0 Å². The van der Waals surface area contributed by atoms with E-state index in [1.54, 1.807) is 12.3 Å². The Kier molecular flexibility index (Phi) is 3.58. The van der Waals surface area contributed by atoms with Gasteiger partial charge in [-0.3, -0.25) is 0 Å². The lowest BCUT2D eigenvalue weighted by molar-refractivity contribution is 0.649. The zero-order chi connectivity index (χ0) is 6.53. The zero-order valence-electron chi connectivity index (χ0n) is 6.40. The van der Waals surface area contributed by atoms with Crippen molar-refractivity contribution in [1.29, 1.82) is 0 Å². The summed E-state index contributed by atoms with van der Waals surface area (Å²) in [6, 6.07) is 0. The second-order valence-electron chi connectivity index (χ2n) is 3.07. The molecule has 1 aliphatic heterocycles. The Bertz CT molecular complexity index is 63.0. The molecule has 0 aromatic rings. The first-order valence-corrected chi connectivity index (χ1v) is 6.24. The molecule has 1 heteroatoms. The third-order valence-corrected chi connectivity index (χ3v) is 4.24. The van der Waals surface area contributed by atoms with Crippen molar-refractivity contribution >= 4 is 7.92 Å². The first-order chi connectivity index (χ1) is 4.39. The van der Waals surface area contributed by atoms with Crippen LogP contribution in [0.25, 0.3) is 0 Å². The molecule has 0 aliphatic carbocycles. The minimum absolute atomic E-state index is 0.465. The van der Waals surface area contributed by atoms with Crippen LogP contribution in [0.1, 0.15) is 32.1 Å². The lowest BCUT2D eigenvalue weighted by Crippen LogP contribution is -1.94. The summed E-state index contributed by atoms with van der Waals surface area (Å²) in [6.45, 7) is 2.46. The van der Waals surface area contributed by atoms with Gasteiger partial charge in [0.2, 0.25) is 0 Å². The molecule has 1 fully saturated rings. The summed E-state index contributed by atoms with van der Waals surface area (Å²) in [7, 11) is 0.465. The maximum Gasteiger partial charge on any atom is -0.0328 e. The Labute approximate surface area is 59.8 Å². The van der Waals surface area contributed by atoms with Gasteiger partial charge in [0.05, 0.1) is 0 Å². The monoisotopic (exact) mass is 144 g/mol. The molecule has 0 unspecified atom stereocenters. The standard InChI is InChI=1S/C8H17P/c1-9-7-5-3-2-4-6-8-9/h2-8H2,1H3. The molecule has 0 bridgehead atoms. The molecule has 0 aromatic heterocycles. The summed E-state index contributed by atoms with van der Waals surface area (Å²) in [6.07, 6.45) is 10.7. The molecular weight excluding hydrogens is 127 g/mol. The summed E-state index contributed by atoms with van der Waals surface area (Å²) in [5.74, 6) is 0. The molecule has 54 valence electrons. The molecule has 1 saturated heterocycles. The second kappa shape index (κ2) is 4.28. The van der Waals surface area contributed by atoms with E-state index >= 15 is 0 Å². The molecule has 0 amide bonds. The Hall–Kier alpha value is 0.430. The minimum atomic E-state index is 0.465. The van der Waals surface area contributed by atoms with Gasteiger partial charge in [0.15, 0.2) is 0 Å². The highest BCUT2D eigenvalue weighted by molar-refractivity contribution is 7.56. The highest BCUT2D eigenvalue weighted by Gasteiger charge is 2.03. The van der Waals surface area contributed by atoms with Crippen LogP contribution >= 0.6 is 7.92 Å². The first kappa shape index (κ1) is 7.54. The van der Waals surface area contributed by atoms with E-state index in [1.807, 2.05) is 0 Å². The van der Waals surface area contributed by atoms with Crippen LogP contribution < -0.4 is 0 Å². The van der Waals surface area contributed by atoms with Gasteiger partial charge in [-0.2, -0.15) is 0 Å². The Balaban J connectivity index is 2.12. The fraction of sp³-hybridized carbons (Fsp3) is 1.00. The summed E-state index contributed by atoms with van der Waals surface area (Å²) in [5, 5.41) is 0. The van der Waals surface area contributed by atoms with E-state index in [0.29, 0.717) is 7.92 Å². The van der Waals surface area contributed by atoms with Gasteiger partial charge in [-0.25, -0.2) is 0 Å². The van der Waals surface area contributed by atoms with Crippen LogP contribution in [0.3, 0.4) is 0 Å². The predicted octanol–water partition coefficient (Wildman–Crippen LogP) is 3.06. The van der Waals surface area contributed by atoms with Gasteiger partial charge in [-0.1, -0.05) is 19.3 Å². The van der Waals surface area contributed by atoms with E-state index in [0.717, 1.165) is 0 Å². The van der Waals surface area contributed by atoms with Crippen molar-refractivity contribution in [2.75, 3.05) is 19.0 Å². The van der Waals surface area contributed by atoms with Crippen LogP contribution in [-0.2, 0) is 0 Å². The molecule has 1 heterocycles. The maximum atomic E-state index is 2.46. The van der Waals surface area contributed by atoms with Gasteiger partial charge in [0, 0.05) is 0 Å². The summed E-state index contributed by atoms with van der Waals surface area (Å²) in [5.41, 5.74) is 0. The van der Waals surface area contributed by atoms with E-state index in [9.17, 15) is 0 Å². The van der Waals surface area contributed by atoms with Crippen LogP contribution in [0.4, 0.5) is 0 Å². The first-order valence-electron chi connectivity index (χ1n) is 4.08. The van der Waals surface area contributed by atoms with Crippen molar-refractivity contribution in [1.82, 2.24) is 0 Å². The van der Waals surface area contributed by atoms with Crippen molar-refractivity contribution in [3.8, 4) is 0 Å². The molecule has 0 radical (unpaired) electrons. The normalized spacial score (nSPS) is 25.0. The number of hydrogen-bond acceptors (Lipinski definition) is 0. The van der Waals surface area contributed by atoms with E-state index in [4.69, 9.17) is 0 Å². The lowest BCUT2D eigenvalue weighted by Gasteiger charge is -2.14. The Morgan fingerprint density at radius 2 is 1.22 bits per heavy atom. The average molecular weight is 144 g/mol. The quantitative estimate of drug-likeness (QED) is 0.458. The molecule has 1 rings (SSSR count). The Morgan fingerprint density at radius 1 is 0.778 bits per heavy atom. The Morgan fingerprint density at radius 3 is 1.78 bits per heavy atom. The van der Waals surface area contributed by atoms with Crippen molar-refractivity contribution < 1.29 is 0 Å². The van der Waals surface area contributed by atoms with Gasteiger partial charge >= 0.3 is 0 Å². The van der Waals surface area contributed by atoms with Gasteiger partial charge < -0.3 is 0 Å². The van der Waals surface area contributed by atoms with Crippen molar-refractivity contribution in [3.05, 3.63) is 0 Å². The largest absolute Gasteiger partial charge is 0.110 e. The van der Waals surface area contributed by atoms with Gasteiger partial charge in [-0.15, -0.1) is 7.92 Å². The van der Waals surface area contributed by atoms with Crippen molar-refractivity contribution in [2.45, 2.75) is 32.1 Å². The second-order valence-corrected chi connectivity index (χ2v) is 5.68. The van der Waals surface area contributed by atoms with E-state index in [1.165, 1.54) is 32.1 Å². The van der Waals surface area contributed by atoms with Crippen LogP contribution in [0.15, 0.2) is 0 Å². The molecule has 0 saturated carbocycles. The number of rotatable bonds is 0. The van der Waals surface area contributed by atoms with Gasteiger partial charge in [0.1, 0.15) is 0 Å². The third kappa shape index (κ3) is 3.20. The molecule has 0 atom stereocenters. The van der Waals surface area contributed by atoms with Crippen molar-refractivity contribution in [2.24, 2.45) is 0 Å². The molecular formula is C8H17P. The van der Waals surface area contributed by atoms with E-state index < -0.39 is 0 Å². The third-order valence-electron chi connectivity index (χ3n) is 2.08. The molecule has 1 aliphatic rings. The zero-order valence-corrected chi connectivity index (χ0v) is 7.29. The summed E-state index contributed by atoms with van der Waals surface area (Å²) < 4.78 is 0. The van der Waals surface area contributed by atoms with Crippen LogP contribution in [-0.4, -0.2) is 19.0 Å². The molecule has 0 spiro atoms. The topological polar surface area (TPSA) is 0 Å². The van der Waals surface area contributed by atoms with Gasteiger partial charge in [-0.05, 0) is 31.8 Å². The highest BCUT2D eigenvalue weighted by atomic mass is 31.1. The van der Waals surface area contributed by atoms with E-state index in [-0.39, 0.29) is 0 Å². The van der Waals surface area contributed by atoms with Crippen LogP contribution in [0.5, 0.6) is 0 Å². The SMILES string of the molecule is CP1CCCCCCC1. The maximum absolute atomic E-state index is 2.46. The predicted molar refractivity (Wildman–Crippen MR) is 45.7 cm³/mol. The van der Waals surface area contributed by atoms with E-state index in [2.05, 4.69) is 6.66 Å². The van der Waals surface area contributed by atoms with Gasteiger partial charge in [0.25, 0.3) is 0 Å². The average Bonchev–Trinajstić information content (AvgIpc) is 1.79. The summed E-state index contributed by atoms with van der Waals surface area (Å²) in [4.78, 5) is 0. The summed E-state index contributed by atoms with van der Waals surface area (Å²) >= 11 is 0. The molecule has 0 nitrogen and oxygen atoms in total.